The first-order chi connectivity index (χ1) is 21.9. The van der Waals surface area contributed by atoms with Crippen LogP contribution in [0.4, 0.5) is 10.1 Å². The number of nitrogens with zero attached hydrogens (tertiary/aromatic N) is 4. The van der Waals surface area contributed by atoms with Crippen molar-refractivity contribution in [3.63, 3.8) is 0 Å². The highest BCUT2D eigenvalue weighted by atomic mass is 32.1. The summed E-state index contributed by atoms with van der Waals surface area (Å²) in [7, 11) is 6.55. The molecule has 1 amide bonds. The molecule has 0 unspecified atom stereocenters. The quantitative estimate of drug-likeness (QED) is 0.190. The highest BCUT2D eigenvalue weighted by Crippen LogP contribution is 2.29. The molecule has 0 spiro atoms. The molecule has 0 saturated carbocycles. The first kappa shape index (κ1) is 32.1. The molecule has 45 heavy (non-hydrogen) atoms. The van der Waals surface area contributed by atoms with Crippen molar-refractivity contribution in [3.8, 4) is 23.0 Å². The molecule has 11 heteroatoms. The lowest BCUT2D eigenvalue weighted by molar-refractivity contribution is 0.0741. The Labute approximate surface area is 267 Å². The van der Waals surface area contributed by atoms with E-state index in [1.165, 1.54) is 17.4 Å². The Balaban J connectivity index is 1.28. The van der Waals surface area contributed by atoms with E-state index in [-0.39, 0.29) is 11.7 Å². The zero-order valence-electron chi connectivity index (χ0n) is 26.1. The molecule has 0 radical (unpaired) electrons. The van der Waals surface area contributed by atoms with Crippen molar-refractivity contribution >= 4 is 22.9 Å². The number of methoxy groups -OCH3 is 4. The topological polar surface area (TPSA) is 76.6 Å². The Hall–Kier alpha value is -4.35. The van der Waals surface area contributed by atoms with Crippen LogP contribution in [0.5, 0.6) is 23.0 Å². The Kier molecular flexibility index (Phi) is 10.7. The summed E-state index contributed by atoms with van der Waals surface area (Å²) in [5.41, 5.74) is 3.15. The fourth-order valence-electron chi connectivity index (χ4n) is 5.45. The van der Waals surface area contributed by atoms with Crippen LogP contribution in [-0.2, 0) is 19.5 Å². The van der Waals surface area contributed by atoms with Gasteiger partial charge in [0.05, 0.1) is 40.7 Å². The summed E-state index contributed by atoms with van der Waals surface area (Å²) in [4.78, 5) is 24.2. The van der Waals surface area contributed by atoms with Gasteiger partial charge < -0.3 is 28.7 Å². The number of ether oxygens (including phenoxy) is 4. The summed E-state index contributed by atoms with van der Waals surface area (Å²) in [5.74, 6) is 2.51. The molecular weight excluding hydrogens is 595 g/mol. The summed E-state index contributed by atoms with van der Waals surface area (Å²) in [6.07, 6.45) is 0.766. The van der Waals surface area contributed by atoms with Gasteiger partial charge in [-0.05, 0) is 42.3 Å². The van der Waals surface area contributed by atoms with Gasteiger partial charge in [0.2, 0.25) is 0 Å². The molecule has 1 aliphatic heterocycles. The molecule has 0 bridgehead atoms. The van der Waals surface area contributed by atoms with Crippen molar-refractivity contribution < 1.29 is 28.1 Å². The number of piperazine rings is 1. The third-order valence-electron chi connectivity index (χ3n) is 7.94. The van der Waals surface area contributed by atoms with Crippen LogP contribution in [0.3, 0.4) is 0 Å². The van der Waals surface area contributed by atoms with Gasteiger partial charge in [-0.1, -0.05) is 24.3 Å². The second-order valence-corrected chi connectivity index (χ2v) is 11.6. The van der Waals surface area contributed by atoms with Crippen molar-refractivity contribution in [1.82, 2.24) is 14.8 Å². The summed E-state index contributed by atoms with van der Waals surface area (Å²) in [6, 6.07) is 18.5. The number of benzene rings is 3. The average molecular weight is 635 g/mol. The molecule has 2 heterocycles. The van der Waals surface area contributed by atoms with Crippen LogP contribution in [0, 0.1) is 5.82 Å². The zero-order chi connectivity index (χ0) is 31.8. The van der Waals surface area contributed by atoms with Crippen molar-refractivity contribution in [2.75, 3.05) is 66.1 Å². The fraction of sp³-hybridized carbons (Fsp3) is 0.353. The van der Waals surface area contributed by atoms with E-state index >= 15 is 0 Å². The minimum atomic E-state index is -0.246. The van der Waals surface area contributed by atoms with E-state index in [1.54, 1.807) is 45.5 Å². The van der Waals surface area contributed by atoms with Gasteiger partial charge in [0, 0.05) is 56.3 Å². The smallest absolute Gasteiger partial charge is 0.273 e. The fourth-order valence-corrected chi connectivity index (χ4v) is 6.26. The largest absolute Gasteiger partial charge is 0.497 e. The van der Waals surface area contributed by atoms with Crippen LogP contribution < -0.4 is 23.8 Å². The number of anilines is 1. The third kappa shape index (κ3) is 7.84. The third-order valence-corrected chi connectivity index (χ3v) is 8.78. The number of carbonyl (C=O) groups is 1. The van der Waals surface area contributed by atoms with Crippen LogP contribution in [0.15, 0.2) is 66.0 Å². The van der Waals surface area contributed by atoms with Crippen molar-refractivity contribution in [3.05, 3.63) is 93.7 Å². The van der Waals surface area contributed by atoms with Gasteiger partial charge in [0.25, 0.3) is 5.91 Å². The first-order valence-corrected chi connectivity index (χ1v) is 15.7. The number of hydrogen-bond donors (Lipinski definition) is 0. The van der Waals surface area contributed by atoms with E-state index in [1.807, 2.05) is 52.7 Å². The van der Waals surface area contributed by atoms with Crippen LogP contribution >= 0.6 is 11.3 Å². The Morgan fingerprint density at radius 3 is 2.33 bits per heavy atom. The molecule has 3 aromatic carbocycles. The van der Waals surface area contributed by atoms with Gasteiger partial charge in [-0.25, -0.2) is 9.37 Å². The van der Waals surface area contributed by atoms with Gasteiger partial charge in [0.1, 0.15) is 28.0 Å². The molecule has 238 valence electrons. The van der Waals surface area contributed by atoms with E-state index in [2.05, 4.69) is 4.90 Å². The molecule has 1 saturated heterocycles. The highest BCUT2D eigenvalue weighted by molar-refractivity contribution is 7.09. The first-order valence-electron chi connectivity index (χ1n) is 14.8. The summed E-state index contributed by atoms with van der Waals surface area (Å²) in [6.45, 7) is 4.05. The number of thiazole rings is 1. The number of carbonyl (C=O) groups excluding carboxylic acids is 1. The number of halogens is 1. The Morgan fingerprint density at radius 1 is 0.867 bits per heavy atom. The summed E-state index contributed by atoms with van der Waals surface area (Å²) < 4.78 is 36.2. The summed E-state index contributed by atoms with van der Waals surface area (Å²) >= 11 is 1.48. The molecule has 0 atom stereocenters. The molecule has 1 fully saturated rings. The predicted octanol–water partition coefficient (Wildman–Crippen LogP) is 5.52. The maximum Gasteiger partial charge on any atom is 0.273 e. The number of para-hydroxylation sites is 1. The van der Waals surface area contributed by atoms with Crippen molar-refractivity contribution in [2.24, 2.45) is 0 Å². The lowest BCUT2D eigenvalue weighted by Crippen LogP contribution is -2.49. The van der Waals surface area contributed by atoms with E-state index < -0.39 is 0 Å². The average Bonchev–Trinajstić information content (AvgIpc) is 3.55. The van der Waals surface area contributed by atoms with E-state index in [4.69, 9.17) is 23.9 Å². The Bertz CT molecular complexity index is 1590. The van der Waals surface area contributed by atoms with Gasteiger partial charge in [-0.2, -0.15) is 0 Å². The van der Waals surface area contributed by atoms with Crippen molar-refractivity contribution in [1.29, 1.82) is 0 Å². The van der Waals surface area contributed by atoms with Crippen LogP contribution in [-0.4, -0.2) is 81.9 Å². The maximum absolute atomic E-state index is 14.3. The SMILES string of the molecule is COc1ccc(CN(CCc2ccc(OC)c(OC)c2)Cc2nc(C(=O)N3CCN(c4ccccc4F)CC3)cs2)c(OC)c1. The number of hydrogen-bond acceptors (Lipinski definition) is 9. The summed E-state index contributed by atoms with van der Waals surface area (Å²) in [5, 5.41) is 2.68. The van der Waals surface area contributed by atoms with Gasteiger partial charge >= 0.3 is 0 Å². The number of rotatable bonds is 13. The van der Waals surface area contributed by atoms with Gasteiger partial charge in [0.15, 0.2) is 11.5 Å². The molecule has 0 aliphatic carbocycles. The van der Waals surface area contributed by atoms with Crippen LogP contribution in [0.1, 0.15) is 26.6 Å². The monoisotopic (exact) mass is 634 g/mol. The number of amides is 1. The molecule has 1 aliphatic rings. The molecule has 0 N–H and O–H groups in total. The molecule has 4 aromatic rings. The predicted molar refractivity (Wildman–Crippen MR) is 174 cm³/mol. The molecule has 5 rings (SSSR count). The number of aromatic nitrogens is 1. The molecule has 1 aromatic heterocycles. The lowest BCUT2D eigenvalue weighted by atomic mass is 10.1. The highest BCUT2D eigenvalue weighted by Gasteiger charge is 2.25. The van der Waals surface area contributed by atoms with Gasteiger partial charge in [-0.15, -0.1) is 11.3 Å². The van der Waals surface area contributed by atoms with Crippen LogP contribution in [0.25, 0.3) is 0 Å². The van der Waals surface area contributed by atoms with E-state index in [9.17, 15) is 9.18 Å². The normalized spacial score (nSPS) is 13.2. The van der Waals surface area contributed by atoms with E-state index in [0.717, 1.165) is 40.6 Å². The van der Waals surface area contributed by atoms with Crippen LogP contribution in [0.2, 0.25) is 0 Å². The molecule has 9 nitrogen and oxygen atoms in total. The minimum Gasteiger partial charge on any atom is -0.497 e. The molecular formula is C34H39FN4O5S. The van der Waals surface area contributed by atoms with E-state index in [0.29, 0.717) is 62.1 Å². The Morgan fingerprint density at radius 2 is 1.62 bits per heavy atom. The lowest BCUT2D eigenvalue weighted by Gasteiger charge is -2.35. The zero-order valence-corrected chi connectivity index (χ0v) is 26.9. The van der Waals surface area contributed by atoms with Gasteiger partial charge in [-0.3, -0.25) is 9.69 Å². The second-order valence-electron chi connectivity index (χ2n) is 10.7. The minimum absolute atomic E-state index is 0.0978. The maximum atomic E-state index is 14.3. The van der Waals surface area contributed by atoms with Crippen molar-refractivity contribution in [2.45, 2.75) is 19.5 Å². The standard InChI is InChI=1S/C34H39FN4O5S/c1-41-26-11-10-25(31(20-26)43-3)21-37(14-13-24-9-12-30(42-2)32(19-24)44-4)22-33-36-28(23-45-33)34(40)39-17-15-38(16-18-39)29-8-6-5-7-27(29)35/h5-12,19-20,23H,13-18,21-22H2,1-4H3. The second kappa shape index (κ2) is 15.1.